The van der Waals surface area contributed by atoms with Gasteiger partial charge in [-0.3, -0.25) is 0 Å². The van der Waals surface area contributed by atoms with Crippen LogP contribution in [0.4, 0.5) is 0 Å². The normalized spacial score (nSPS) is 22.1. The fraction of sp³-hybridized carbons (Fsp3) is 0.714. The molecular formula is C14H24N4. The van der Waals surface area contributed by atoms with Crippen molar-refractivity contribution in [2.24, 2.45) is 0 Å². The Morgan fingerprint density at radius 3 is 2.78 bits per heavy atom. The van der Waals surface area contributed by atoms with Crippen molar-refractivity contribution < 1.29 is 0 Å². The lowest BCUT2D eigenvalue weighted by Crippen LogP contribution is -2.45. The number of piperazine rings is 1. The largest absolute Gasteiger partial charge is 0.346 e. The maximum atomic E-state index is 3.43. The summed E-state index contributed by atoms with van der Waals surface area (Å²) < 4.78 is 2.51. The summed E-state index contributed by atoms with van der Waals surface area (Å²) in [5.74, 6) is 0. The monoisotopic (exact) mass is 248 g/mol. The number of rotatable bonds is 3. The van der Waals surface area contributed by atoms with Crippen LogP contribution in [0.1, 0.15) is 11.4 Å². The fourth-order valence-electron chi connectivity index (χ4n) is 2.97. The Labute approximate surface area is 110 Å². The first-order chi connectivity index (χ1) is 8.83. The van der Waals surface area contributed by atoms with Gasteiger partial charge in [0.05, 0.1) is 0 Å². The van der Waals surface area contributed by atoms with E-state index in [9.17, 15) is 0 Å². The summed E-state index contributed by atoms with van der Waals surface area (Å²) in [5.41, 5.74) is 2.97. The van der Waals surface area contributed by atoms with Crippen LogP contribution >= 0.6 is 0 Å². The highest BCUT2D eigenvalue weighted by molar-refractivity contribution is 5.18. The molecule has 18 heavy (non-hydrogen) atoms. The van der Waals surface area contributed by atoms with Gasteiger partial charge in [-0.05, 0) is 19.2 Å². The highest BCUT2D eigenvalue weighted by atomic mass is 15.2. The standard InChI is InChI=1S/C14H24N4/c1-16-8-10-17(11-9-16)6-4-13-2-3-14-12-15-5-7-18(13)14/h2-3,15H,4-12H2,1H3. The molecule has 0 aromatic carbocycles. The molecule has 1 saturated heterocycles. The highest BCUT2D eigenvalue weighted by Crippen LogP contribution is 2.13. The molecular weight excluding hydrogens is 224 g/mol. The van der Waals surface area contributed by atoms with Gasteiger partial charge in [0.25, 0.3) is 0 Å². The molecule has 1 fully saturated rings. The topological polar surface area (TPSA) is 23.4 Å². The van der Waals surface area contributed by atoms with E-state index in [1.54, 1.807) is 0 Å². The van der Waals surface area contributed by atoms with Crippen molar-refractivity contribution in [3.63, 3.8) is 0 Å². The molecule has 4 heteroatoms. The fourth-order valence-corrected chi connectivity index (χ4v) is 2.97. The van der Waals surface area contributed by atoms with E-state index in [0.29, 0.717) is 0 Å². The van der Waals surface area contributed by atoms with E-state index in [4.69, 9.17) is 0 Å². The van der Waals surface area contributed by atoms with Gasteiger partial charge in [0, 0.05) is 70.2 Å². The zero-order chi connectivity index (χ0) is 12.4. The number of fused-ring (bicyclic) bond motifs is 1. The van der Waals surface area contributed by atoms with Gasteiger partial charge in [0.1, 0.15) is 0 Å². The first-order valence-electron chi connectivity index (χ1n) is 7.12. The summed E-state index contributed by atoms with van der Waals surface area (Å²) in [5, 5.41) is 3.43. The van der Waals surface area contributed by atoms with Gasteiger partial charge in [0.2, 0.25) is 0 Å². The van der Waals surface area contributed by atoms with Gasteiger partial charge >= 0.3 is 0 Å². The van der Waals surface area contributed by atoms with Crippen molar-refractivity contribution in [2.75, 3.05) is 46.3 Å². The highest BCUT2D eigenvalue weighted by Gasteiger charge is 2.15. The SMILES string of the molecule is CN1CCN(CCc2ccc3n2CCNC3)CC1. The molecule has 0 aliphatic carbocycles. The lowest BCUT2D eigenvalue weighted by atomic mass is 10.2. The number of hydrogen-bond donors (Lipinski definition) is 1. The van der Waals surface area contributed by atoms with E-state index < -0.39 is 0 Å². The first-order valence-corrected chi connectivity index (χ1v) is 7.12. The molecule has 0 saturated carbocycles. The summed E-state index contributed by atoms with van der Waals surface area (Å²) >= 11 is 0. The lowest BCUT2D eigenvalue weighted by molar-refractivity contribution is 0.155. The smallest absolute Gasteiger partial charge is 0.0360 e. The molecule has 1 aromatic heterocycles. The zero-order valence-corrected chi connectivity index (χ0v) is 11.4. The Morgan fingerprint density at radius 1 is 1.11 bits per heavy atom. The minimum Gasteiger partial charge on any atom is -0.346 e. The average Bonchev–Trinajstić information content (AvgIpc) is 2.82. The third-order valence-electron chi connectivity index (χ3n) is 4.26. The average molecular weight is 248 g/mol. The molecule has 1 aromatic rings. The summed E-state index contributed by atoms with van der Waals surface area (Å²) in [7, 11) is 2.22. The molecule has 3 heterocycles. The van der Waals surface area contributed by atoms with Gasteiger partial charge in [-0.1, -0.05) is 0 Å². The summed E-state index contributed by atoms with van der Waals surface area (Å²) in [6.45, 7) is 9.40. The number of hydrogen-bond acceptors (Lipinski definition) is 3. The van der Waals surface area contributed by atoms with Crippen LogP contribution in [0, 0.1) is 0 Å². The van der Waals surface area contributed by atoms with Gasteiger partial charge in [-0.25, -0.2) is 0 Å². The van der Waals surface area contributed by atoms with Gasteiger partial charge in [-0.15, -0.1) is 0 Å². The maximum Gasteiger partial charge on any atom is 0.0360 e. The summed E-state index contributed by atoms with van der Waals surface area (Å²) in [6, 6.07) is 4.60. The Balaban J connectivity index is 1.55. The molecule has 0 bridgehead atoms. The molecule has 1 N–H and O–H groups in total. The number of nitrogens with zero attached hydrogens (tertiary/aromatic N) is 3. The molecule has 0 spiro atoms. The number of aromatic nitrogens is 1. The van der Waals surface area contributed by atoms with E-state index in [0.717, 1.165) is 19.6 Å². The van der Waals surface area contributed by atoms with Crippen molar-refractivity contribution in [3.8, 4) is 0 Å². The number of likely N-dealkylation sites (N-methyl/N-ethyl adjacent to an activating group) is 1. The Kier molecular flexibility index (Phi) is 3.68. The van der Waals surface area contributed by atoms with Crippen LogP contribution in [0.25, 0.3) is 0 Å². The van der Waals surface area contributed by atoms with Gasteiger partial charge in [0.15, 0.2) is 0 Å². The Bertz CT molecular complexity index is 390. The molecule has 2 aliphatic heterocycles. The van der Waals surface area contributed by atoms with E-state index >= 15 is 0 Å². The van der Waals surface area contributed by atoms with Crippen LogP contribution in [0.2, 0.25) is 0 Å². The van der Waals surface area contributed by atoms with Crippen LogP contribution < -0.4 is 5.32 Å². The minimum atomic E-state index is 1.04. The van der Waals surface area contributed by atoms with Crippen molar-refractivity contribution in [3.05, 3.63) is 23.5 Å². The van der Waals surface area contributed by atoms with Crippen LogP contribution in [-0.4, -0.2) is 60.7 Å². The Hall–Kier alpha value is -0.840. The van der Waals surface area contributed by atoms with Crippen LogP contribution in [0.5, 0.6) is 0 Å². The van der Waals surface area contributed by atoms with E-state index in [2.05, 4.69) is 38.9 Å². The van der Waals surface area contributed by atoms with Crippen LogP contribution in [0.15, 0.2) is 12.1 Å². The molecule has 0 unspecified atom stereocenters. The van der Waals surface area contributed by atoms with Crippen molar-refractivity contribution in [2.45, 2.75) is 19.5 Å². The first kappa shape index (κ1) is 12.2. The number of nitrogens with one attached hydrogen (secondary N) is 1. The van der Waals surface area contributed by atoms with E-state index in [1.807, 2.05) is 0 Å². The third kappa shape index (κ3) is 2.60. The molecule has 100 valence electrons. The second-order valence-electron chi connectivity index (χ2n) is 5.54. The van der Waals surface area contributed by atoms with Crippen LogP contribution in [-0.2, 0) is 19.5 Å². The molecule has 2 aliphatic rings. The van der Waals surface area contributed by atoms with Crippen LogP contribution in [0.3, 0.4) is 0 Å². The lowest BCUT2D eigenvalue weighted by Gasteiger charge is -2.32. The van der Waals surface area contributed by atoms with Crippen molar-refractivity contribution in [1.29, 1.82) is 0 Å². The third-order valence-corrected chi connectivity index (χ3v) is 4.26. The Morgan fingerprint density at radius 2 is 1.94 bits per heavy atom. The second-order valence-corrected chi connectivity index (χ2v) is 5.54. The predicted molar refractivity (Wildman–Crippen MR) is 73.8 cm³/mol. The molecule has 0 amide bonds. The van der Waals surface area contributed by atoms with Gasteiger partial charge < -0.3 is 19.7 Å². The van der Waals surface area contributed by atoms with Gasteiger partial charge in [-0.2, -0.15) is 0 Å². The minimum absolute atomic E-state index is 1.04. The summed E-state index contributed by atoms with van der Waals surface area (Å²) in [4.78, 5) is 5.02. The molecule has 4 nitrogen and oxygen atoms in total. The van der Waals surface area contributed by atoms with E-state index in [-0.39, 0.29) is 0 Å². The quantitative estimate of drug-likeness (QED) is 0.836. The van der Waals surface area contributed by atoms with Crippen molar-refractivity contribution in [1.82, 2.24) is 19.7 Å². The molecule has 3 rings (SSSR count). The van der Waals surface area contributed by atoms with E-state index in [1.165, 1.54) is 50.5 Å². The molecule has 0 atom stereocenters. The van der Waals surface area contributed by atoms with Crippen molar-refractivity contribution >= 4 is 0 Å². The second kappa shape index (κ2) is 5.43. The predicted octanol–water partition coefficient (Wildman–Crippen LogP) is 0.381. The maximum absolute atomic E-state index is 3.43. The zero-order valence-electron chi connectivity index (χ0n) is 11.4. The molecule has 0 radical (unpaired) electrons. The summed E-state index contributed by atoms with van der Waals surface area (Å²) in [6.07, 6.45) is 1.20.